The van der Waals surface area contributed by atoms with E-state index in [0.29, 0.717) is 27.7 Å². The summed E-state index contributed by atoms with van der Waals surface area (Å²) in [7, 11) is 0. The third kappa shape index (κ3) is 2.98. The summed E-state index contributed by atoms with van der Waals surface area (Å²) in [6.07, 6.45) is 2.41. The van der Waals surface area contributed by atoms with Crippen molar-refractivity contribution in [2.75, 3.05) is 6.54 Å². The number of amides is 1. The molecule has 0 saturated heterocycles. The Balaban J connectivity index is 1.64. The van der Waals surface area contributed by atoms with Gasteiger partial charge in [0, 0.05) is 23.6 Å². The third-order valence-corrected chi connectivity index (χ3v) is 4.59. The molecule has 0 unspecified atom stereocenters. The summed E-state index contributed by atoms with van der Waals surface area (Å²) in [6.45, 7) is 0.534. The van der Waals surface area contributed by atoms with E-state index >= 15 is 0 Å². The Hall–Kier alpha value is -2.29. The first-order valence-electron chi connectivity index (χ1n) is 6.71. The molecular weight excluding hydrogens is 318 g/mol. The highest BCUT2D eigenvalue weighted by molar-refractivity contribution is 7.17. The topological polar surface area (TPSA) is 68.7 Å². The van der Waals surface area contributed by atoms with Gasteiger partial charge in [-0.2, -0.15) is 5.26 Å². The molecule has 0 atom stereocenters. The number of benzene rings is 1. The molecular formula is C16H12ClN3OS. The largest absolute Gasteiger partial charge is 0.360 e. The van der Waals surface area contributed by atoms with E-state index in [-0.39, 0.29) is 5.91 Å². The van der Waals surface area contributed by atoms with Gasteiger partial charge in [-0.05, 0) is 36.2 Å². The molecule has 4 nitrogen and oxygen atoms in total. The average Bonchev–Trinajstić information content (AvgIpc) is 3.12. The van der Waals surface area contributed by atoms with Crippen LogP contribution in [0.5, 0.6) is 0 Å². The van der Waals surface area contributed by atoms with Crippen LogP contribution >= 0.6 is 22.9 Å². The minimum Gasteiger partial charge on any atom is -0.360 e. The zero-order chi connectivity index (χ0) is 15.5. The number of hydrogen-bond donors (Lipinski definition) is 2. The van der Waals surface area contributed by atoms with E-state index in [1.807, 2.05) is 18.2 Å². The number of aromatic amines is 1. The van der Waals surface area contributed by atoms with Gasteiger partial charge in [0.05, 0.1) is 14.8 Å². The third-order valence-electron chi connectivity index (χ3n) is 3.36. The fourth-order valence-electron chi connectivity index (χ4n) is 2.26. The second-order valence-electron chi connectivity index (χ2n) is 4.80. The van der Waals surface area contributed by atoms with Crippen molar-refractivity contribution < 1.29 is 4.79 Å². The number of halogens is 1. The SMILES string of the molecule is N#Cc1c[nH]c2ccc(CCNC(=O)c3ccc(Cl)s3)cc12. The highest BCUT2D eigenvalue weighted by atomic mass is 35.5. The lowest BCUT2D eigenvalue weighted by molar-refractivity contribution is 0.0958. The van der Waals surface area contributed by atoms with Gasteiger partial charge in [-0.1, -0.05) is 17.7 Å². The van der Waals surface area contributed by atoms with Crippen LogP contribution in [0.4, 0.5) is 0 Å². The van der Waals surface area contributed by atoms with E-state index in [1.165, 1.54) is 11.3 Å². The lowest BCUT2D eigenvalue weighted by Gasteiger charge is -2.04. The van der Waals surface area contributed by atoms with Crippen molar-refractivity contribution >= 4 is 39.7 Å². The van der Waals surface area contributed by atoms with E-state index in [1.54, 1.807) is 18.3 Å². The molecule has 0 bridgehead atoms. The molecule has 1 aromatic carbocycles. The molecule has 2 N–H and O–H groups in total. The van der Waals surface area contributed by atoms with Crippen LogP contribution in [-0.2, 0) is 6.42 Å². The number of hydrogen-bond acceptors (Lipinski definition) is 3. The van der Waals surface area contributed by atoms with Gasteiger partial charge in [0.1, 0.15) is 6.07 Å². The zero-order valence-corrected chi connectivity index (χ0v) is 13.1. The summed E-state index contributed by atoms with van der Waals surface area (Å²) in [5.41, 5.74) is 2.65. The molecule has 0 spiro atoms. The monoisotopic (exact) mass is 329 g/mol. The van der Waals surface area contributed by atoms with E-state index < -0.39 is 0 Å². The summed E-state index contributed by atoms with van der Waals surface area (Å²) in [4.78, 5) is 15.6. The Morgan fingerprint density at radius 2 is 2.23 bits per heavy atom. The van der Waals surface area contributed by atoms with Crippen LogP contribution in [0.3, 0.4) is 0 Å². The van der Waals surface area contributed by atoms with E-state index in [4.69, 9.17) is 16.9 Å². The predicted octanol–water partition coefficient (Wildman–Crippen LogP) is 3.73. The molecule has 2 aromatic heterocycles. The second-order valence-corrected chi connectivity index (χ2v) is 6.52. The highest BCUT2D eigenvalue weighted by Crippen LogP contribution is 2.21. The lowest BCUT2D eigenvalue weighted by Crippen LogP contribution is -2.24. The number of rotatable bonds is 4. The zero-order valence-electron chi connectivity index (χ0n) is 11.5. The van der Waals surface area contributed by atoms with Gasteiger partial charge in [-0.15, -0.1) is 11.3 Å². The molecule has 2 heterocycles. The smallest absolute Gasteiger partial charge is 0.261 e. The molecule has 0 radical (unpaired) electrons. The predicted molar refractivity (Wildman–Crippen MR) is 88.4 cm³/mol. The first-order chi connectivity index (χ1) is 10.7. The number of fused-ring (bicyclic) bond motifs is 1. The van der Waals surface area contributed by atoms with Crippen molar-refractivity contribution in [1.82, 2.24) is 10.3 Å². The Labute approximate surface area is 136 Å². The van der Waals surface area contributed by atoms with Gasteiger partial charge >= 0.3 is 0 Å². The molecule has 6 heteroatoms. The Kier molecular flexibility index (Phi) is 4.14. The first kappa shape index (κ1) is 14.6. The molecule has 0 saturated carbocycles. The van der Waals surface area contributed by atoms with Crippen molar-refractivity contribution in [3.8, 4) is 6.07 Å². The van der Waals surface area contributed by atoms with Crippen molar-refractivity contribution in [2.45, 2.75) is 6.42 Å². The number of thiophene rings is 1. The minimum absolute atomic E-state index is 0.114. The molecule has 3 rings (SSSR count). The molecule has 0 fully saturated rings. The fraction of sp³-hybridized carbons (Fsp3) is 0.125. The normalized spacial score (nSPS) is 10.5. The van der Waals surface area contributed by atoms with Crippen LogP contribution in [0.1, 0.15) is 20.8 Å². The molecule has 3 aromatic rings. The molecule has 22 heavy (non-hydrogen) atoms. The van der Waals surface area contributed by atoms with Crippen LogP contribution in [-0.4, -0.2) is 17.4 Å². The highest BCUT2D eigenvalue weighted by Gasteiger charge is 2.08. The molecule has 0 aliphatic heterocycles. The van der Waals surface area contributed by atoms with Crippen molar-refractivity contribution in [3.63, 3.8) is 0 Å². The first-order valence-corrected chi connectivity index (χ1v) is 7.90. The summed E-state index contributed by atoms with van der Waals surface area (Å²) < 4.78 is 0.604. The van der Waals surface area contributed by atoms with E-state index in [2.05, 4.69) is 16.4 Å². The summed E-state index contributed by atoms with van der Waals surface area (Å²) in [5.74, 6) is -0.114. The van der Waals surface area contributed by atoms with Gasteiger partial charge in [-0.25, -0.2) is 0 Å². The minimum atomic E-state index is -0.114. The molecule has 0 aliphatic carbocycles. The number of carbonyl (C=O) groups excluding carboxylic acids is 1. The number of nitrogens with zero attached hydrogens (tertiary/aromatic N) is 1. The van der Waals surface area contributed by atoms with E-state index in [9.17, 15) is 4.79 Å². The standard InChI is InChI=1S/C16H12ClN3OS/c17-15-4-3-14(22-15)16(21)19-6-5-10-1-2-13-12(7-10)11(8-18)9-20-13/h1-4,7,9,20H,5-6H2,(H,19,21). The number of H-pyrrole nitrogens is 1. The van der Waals surface area contributed by atoms with Gasteiger partial charge in [0.25, 0.3) is 5.91 Å². The molecule has 0 aliphatic rings. The number of nitrogens with one attached hydrogen (secondary N) is 2. The lowest BCUT2D eigenvalue weighted by atomic mass is 10.1. The van der Waals surface area contributed by atoms with Crippen molar-refractivity contribution in [1.29, 1.82) is 5.26 Å². The van der Waals surface area contributed by atoms with Crippen LogP contribution in [0.2, 0.25) is 4.34 Å². The maximum absolute atomic E-state index is 11.9. The van der Waals surface area contributed by atoms with Crippen LogP contribution in [0, 0.1) is 11.3 Å². The maximum atomic E-state index is 11.9. The molecule has 1 amide bonds. The van der Waals surface area contributed by atoms with Crippen molar-refractivity contribution in [3.05, 3.63) is 56.9 Å². The number of nitriles is 1. The van der Waals surface area contributed by atoms with Gasteiger partial charge in [-0.3, -0.25) is 4.79 Å². The number of carbonyl (C=O) groups is 1. The van der Waals surface area contributed by atoms with Crippen LogP contribution in [0.25, 0.3) is 10.9 Å². The quantitative estimate of drug-likeness (QED) is 0.765. The van der Waals surface area contributed by atoms with Gasteiger partial charge in [0.2, 0.25) is 0 Å². The fourth-order valence-corrected chi connectivity index (χ4v) is 3.22. The molecule has 110 valence electrons. The van der Waals surface area contributed by atoms with E-state index in [0.717, 1.165) is 16.5 Å². The summed E-state index contributed by atoms with van der Waals surface area (Å²) in [5, 5.41) is 12.8. The van der Waals surface area contributed by atoms with Crippen LogP contribution in [0.15, 0.2) is 36.5 Å². The Morgan fingerprint density at radius 1 is 1.36 bits per heavy atom. The Morgan fingerprint density at radius 3 is 2.95 bits per heavy atom. The average molecular weight is 330 g/mol. The maximum Gasteiger partial charge on any atom is 0.261 e. The second kappa shape index (κ2) is 6.22. The summed E-state index contributed by atoms with van der Waals surface area (Å²) in [6, 6.07) is 11.5. The van der Waals surface area contributed by atoms with Crippen molar-refractivity contribution in [2.24, 2.45) is 0 Å². The van der Waals surface area contributed by atoms with Crippen LogP contribution < -0.4 is 5.32 Å². The Bertz CT molecular complexity index is 875. The van der Waals surface area contributed by atoms with Gasteiger partial charge in [0.15, 0.2) is 0 Å². The van der Waals surface area contributed by atoms with Gasteiger partial charge < -0.3 is 10.3 Å². The summed E-state index contributed by atoms with van der Waals surface area (Å²) >= 11 is 7.08. The number of aromatic nitrogens is 1.